The number of hydrogen-bond donors (Lipinski definition) is 0. The van der Waals surface area contributed by atoms with E-state index in [0.29, 0.717) is 6.04 Å². The molecule has 110 valence electrons. The van der Waals surface area contributed by atoms with Crippen LogP contribution in [0, 0.1) is 0 Å². The molecule has 1 fully saturated rings. The van der Waals surface area contributed by atoms with E-state index in [0.717, 1.165) is 29.1 Å². The van der Waals surface area contributed by atoms with E-state index in [1.807, 2.05) is 30.4 Å². The van der Waals surface area contributed by atoms with Gasteiger partial charge in [0.15, 0.2) is 5.65 Å². The molecule has 0 aromatic carbocycles. The molecule has 2 aromatic heterocycles. The standard InChI is InChI=1S/C14H21ClN4S/c1-4-11-12-14(18(3)17-11)19(13(16-12)9(2)15)10-5-7-20-8-6-10/h9-10H,4-8H2,1-3H3. The zero-order chi connectivity index (χ0) is 14.3. The van der Waals surface area contributed by atoms with E-state index in [2.05, 4.69) is 16.6 Å². The Morgan fingerprint density at radius 3 is 2.70 bits per heavy atom. The van der Waals surface area contributed by atoms with Gasteiger partial charge >= 0.3 is 0 Å². The van der Waals surface area contributed by atoms with Crippen molar-refractivity contribution in [3.8, 4) is 0 Å². The molecule has 0 saturated carbocycles. The molecule has 2 aromatic rings. The molecule has 3 rings (SSSR count). The molecule has 20 heavy (non-hydrogen) atoms. The van der Waals surface area contributed by atoms with Gasteiger partial charge in [0.2, 0.25) is 0 Å². The highest BCUT2D eigenvalue weighted by atomic mass is 35.5. The average molecular weight is 313 g/mol. The quantitative estimate of drug-likeness (QED) is 0.811. The van der Waals surface area contributed by atoms with Crippen molar-refractivity contribution in [2.24, 2.45) is 7.05 Å². The Morgan fingerprint density at radius 2 is 2.10 bits per heavy atom. The second-order valence-corrected chi connectivity index (χ2v) is 7.28. The van der Waals surface area contributed by atoms with Crippen LogP contribution in [0.4, 0.5) is 0 Å². The first-order chi connectivity index (χ1) is 9.63. The molecule has 6 heteroatoms. The molecule has 0 spiro atoms. The summed E-state index contributed by atoms with van der Waals surface area (Å²) in [6.07, 6.45) is 3.30. The fourth-order valence-electron chi connectivity index (χ4n) is 3.04. The number of rotatable bonds is 3. The van der Waals surface area contributed by atoms with Gasteiger partial charge in [0, 0.05) is 13.1 Å². The fourth-order valence-corrected chi connectivity index (χ4v) is 4.28. The van der Waals surface area contributed by atoms with Gasteiger partial charge in [-0.05, 0) is 37.7 Å². The monoisotopic (exact) mass is 312 g/mol. The van der Waals surface area contributed by atoms with E-state index in [9.17, 15) is 0 Å². The molecule has 0 N–H and O–H groups in total. The SMILES string of the molecule is CCc1nn(C)c2c1nc(C(C)Cl)n2C1CCSCC1. The number of nitrogens with zero attached hydrogens (tertiary/aromatic N) is 4. The second kappa shape index (κ2) is 5.60. The number of imidazole rings is 1. The summed E-state index contributed by atoms with van der Waals surface area (Å²) < 4.78 is 4.34. The summed E-state index contributed by atoms with van der Waals surface area (Å²) in [6, 6.07) is 0.512. The Balaban J connectivity index is 2.20. The van der Waals surface area contributed by atoms with E-state index < -0.39 is 0 Å². The maximum absolute atomic E-state index is 6.39. The molecular formula is C14H21ClN4S. The number of fused-ring (bicyclic) bond motifs is 1. The number of aryl methyl sites for hydroxylation is 2. The summed E-state index contributed by atoms with van der Waals surface area (Å²) >= 11 is 8.43. The van der Waals surface area contributed by atoms with Gasteiger partial charge in [-0.25, -0.2) is 4.98 Å². The van der Waals surface area contributed by atoms with Crippen molar-refractivity contribution < 1.29 is 0 Å². The molecule has 3 heterocycles. The highest BCUT2D eigenvalue weighted by Gasteiger charge is 2.26. The zero-order valence-corrected chi connectivity index (χ0v) is 13.8. The Morgan fingerprint density at radius 1 is 1.40 bits per heavy atom. The van der Waals surface area contributed by atoms with E-state index in [-0.39, 0.29) is 5.38 Å². The summed E-state index contributed by atoms with van der Waals surface area (Å²) in [5.74, 6) is 3.44. The highest BCUT2D eigenvalue weighted by Crippen LogP contribution is 2.35. The van der Waals surface area contributed by atoms with E-state index in [1.165, 1.54) is 24.3 Å². The first-order valence-corrected chi connectivity index (χ1v) is 8.88. The van der Waals surface area contributed by atoms with Crippen molar-refractivity contribution in [3.63, 3.8) is 0 Å². The van der Waals surface area contributed by atoms with Crippen LogP contribution in [0.15, 0.2) is 0 Å². The smallest absolute Gasteiger partial charge is 0.158 e. The van der Waals surface area contributed by atoms with Crippen molar-refractivity contribution in [1.82, 2.24) is 19.3 Å². The van der Waals surface area contributed by atoms with Crippen LogP contribution in [0.3, 0.4) is 0 Å². The molecule has 0 aliphatic carbocycles. The molecule has 1 saturated heterocycles. The summed E-state index contributed by atoms with van der Waals surface area (Å²) in [7, 11) is 2.01. The topological polar surface area (TPSA) is 35.6 Å². The van der Waals surface area contributed by atoms with Crippen molar-refractivity contribution >= 4 is 34.5 Å². The van der Waals surface area contributed by atoms with Crippen LogP contribution < -0.4 is 0 Å². The summed E-state index contributed by atoms with van der Waals surface area (Å²) in [4.78, 5) is 4.82. The normalized spacial score (nSPS) is 18.8. The third-order valence-corrected chi connectivity index (χ3v) is 5.25. The molecular weight excluding hydrogens is 292 g/mol. The predicted octanol–water partition coefficient (Wildman–Crippen LogP) is 3.70. The molecule has 1 atom stereocenters. The minimum Gasteiger partial charge on any atom is -0.308 e. The molecule has 1 aliphatic rings. The van der Waals surface area contributed by atoms with Gasteiger partial charge in [0.1, 0.15) is 11.3 Å². The molecule has 0 radical (unpaired) electrons. The first-order valence-electron chi connectivity index (χ1n) is 7.29. The molecule has 0 bridgehead atoms. The number of thioether (sulfide) groups is 1. The molecule has 1 unspecified atom stereocenters. The number of hydrogen-bond acceptors (Lipinski definition) is 3. The van der Waals surface area contributed by atoms with Gasteiger partial charge in [0.05, 0.1) is 11.1 Å². The molecule has 4 nitrogen and oxygen atoms in total. The minimum atomic E-state index is -0.0679. The summed E-state index contributed by atoms with van der Waals surface area (Å²) in [6.45, 7) is 4.14. The van der Waals surface area contributed by atoms with Crippen molar-refractivity contribution in [2.75, 3.05) is 11.5 Å². The van der Waals surface area contributed by atoms with Crippen LogP contribution >= 0.6 is 23.4 Å². The second-order valence-electron chi connectivity index (χ2n) is 5.40. The summed E-state index contributed by atoms with van der Waals surface area (Å²) in [5, 5.41) is 4.54. The van der Waals surface area contributed by atoms with E-state index >= 15 is 0 Å². The Kier molecular flexibility index (Phi) is 4.00. The van der Waals surface area contributed by atoms with E-state index in [1.54, 1.807) is 0 Å². The van der Waals surface area contributed by atoms with Gasteiger partial charge in [-0.3, -0.25) is 4.68 Å². The number of alkyl halides is 1. The maximum atomic E-state index is 6.39. The van der Waals surface area contributed by atoms with Gasteiger partial charge in [-0.1, -0.05) is 6.92 Å². The maximum Gasteiger partial charge on any atom is 0.158 e. The van der Waals surface area contributed by atoms with Gasteiger partial charge < -0.3 is 4.57 Å². The summed E-state index contributed by atoms with van der Waals surface area (Å²) in [5.41, 5.74) is 3.25. The van der Waals surface area contributed by atoms with Gasteiger partial charge in [0.25, 0.3) is 0 Å². The minimum absolute atomic E-state index is 0.0679. The number of halogens is 1. The largest absolute Gasteiger partial charge is 0.308 e. The lowest BCUT2D eigenvalue weighted by Crippen LogP contribution is -2.19. The van der Waals surface area contributed by atoms with Crippen LogP contribution in [-0.2, 0) is 13.5 Å². The Labute approximate surface area is 128 Å². The van der Waals surface area contributed by atoms with E-state index in [4.69, 9.17) is 16.6 Å². The molecule has 0 amide bonds. The first kappa shape index (κ1) is 14.3. The highest BCUT2D eigenvalue weighted by molar-refractivity contribution is 7.99. The van der Waals surface area contributed by atoms with Gasteiger partial charge in [-0.2, -0.15) is 16.9 Å². The lowest BCUT2D eigenvalue weighted by atomic mass is 10.1. The van der Waals surface area contributed by atoms with Crippen LogP contribution in [0.2, 0.25) is 0 Å². The third kappa shape index (κ3) is 2.25. The van der Waals surface area contributed by atoms with Crippen molar-refractivity contribution in [1.29, 1.82) is 0 Å². The van der Waals surface area contributed by atoms with Gasteiger partial charge in [-0.15, -0.1) is 11.6 Å². The van der Waals surface area contributed by atoms with Crippen molar-refractivity contribution in [2.45, 2.75) is 44.5 Å². The number of aromatic nitrogens is 4. The fraction of sp³-hybridized carbons (Fsp3) is 0.714. The van der Waals surface area contributed by atoms with Crippen LogP contribution in [0.5, 0.6) is 0 Å². The lowest BCUT2D eigenvalue weighted by Gasteiger charge is -2.25. The third-order valence-electron chi connectivity index (χ3n) is 4.01. The van der Waals surface area contributed by atoms with Crippen LogP contribution in [0.25, 0.3) is 11.2 Å². The van der Waals surface area contributed by atoms with Crippen LogP contribution in [-0.4, -0.2) is 30.8 Å². The lowest BCUT2D eigenvalue weighted by molar-refractivity contribution is 0.456. The Bertz CT molecular complexity index is 610. The zero-order valence-electron chi connectivity index (χ0n) is 12.3. The predicted molar refractivity (Wildman–Crippen MR) is 85.7 cm³/mol. The Hall–Kier alpha value is -0.680. The average Bonchev–Trinajstić information content (AvgIpc) is 2.98. The molecule has 1 aliphatic heterocycles. The van der Waals surface area contributed by atoms with Crippen LogP contribution in [0.1, 0.15) is 49.6 Å². The van der Waals surface area contributed by atoms with Crippen molar-refractivity contribution in [3.05, 3.63) is 11.5 Å².